The Morgan fingerprint density at radius 3 is 2.80 bits per heavy atom. The SMILES string of the molecule is CC(C)OCCCCn1c(CCl)nc2cc(Cl)ccc21. The third-order valence-corrected chi connectivity index (χ3v) is 3.61. The van der Waals surface area contributed by atoms with Gasteiger partial charge in [0.1, 0.15) is 5.82 Å². The van der Waals surface area contributed by atoms with E-state index in [1.807, 2.05) is 18.2 Å². The molecule has 0 N–H and O–H groups in total. The molecule has 0 saturated carbocycles. The van der Waals surface area contributed by atoms with Crippen molar-refractivity contribution in [2.24, 2.45) is 0 Å². The molecule has 3 nitrogen and oxygen atoms in total. The molecule has 0 bridgehead atoms. The lowest BCUT2D eigenvalue weighted by molar-refractivity contribution is 0.0754. The minimum Gasteiger partial charge on any atom is -0.379 e. The van der Waals surface area contributed by atoms with E-state index in [1.54, 1.807) is 0 Å². The average molecular weight is 315 g/mol. The van der Waals surface area contributed by atoms with Gasteiger partial charge in [0.05, 0.1) is 23.0 Å². The van der Waals surface area contributed by atoms with Crippen molar-refractivity contribution in [2.75, 3.05) is 6.61 Å². The van der Waals surface area contributed by atoms with Crippen molar-refractivity contribution >= 4 is 34.2 Å². The summed E-state index contributed by atoms with van der Waals surface area (Å²) < 4.78 is 7.73. The smallest absolute Gasteiger partial charge is 0.124 e. The summed E-state index contributed by atoms with van der Waals surface area (Å²) >= 11 is 12.0. The Bertz CT molecular complexity index is 566. The topological polar surface area (TPSA) is 27.1 Å². The lowest BCUT2D eigenvalue weighted by Gasteiger charge is -2.09. The summed E-state index contributed by atoms with van der Waals surface area (Å²) in [7, 11) is 0. The maximum Gasteiger partial charge on any atom is 0.124 e. The third kappa shape index (κ3) is 3.87. The van der Waals surface area contributed by atoms with Gasteiger partial charge in [-0.2, -0.15) is 0 Å². The van der Waals surface area contributed by atoms with E-state index in [1.165, 1.54) is 0 Å². The van der Waals surface area contributed by atoms with E-state index >= 15 is 0 Å². The molecule has 0 spiro atoms. The number of hydrogen-bond donors (Lipinski definition) is 0. The molecule has 0 fully saturated rings. The predicted molar refractivity (Wildman–Crippen MR) is 84.6 cm³/mol. The molecule has 20 heavy (non-hydrogen) atoms. The Morgan fingerprint density at radius 2 is 2.10 bits per heavy atom. The fourth-order valence-corrected chi connectivity index (χ4v) is 2.57. The van der Waals surface area contributed by atoms with Crippen molar-refractivity contribution in [1.82, 2.24) is 9.55 Å². The molecular weight excluding hydrogens is 295 g/mol. The van der Waals surface area contributed by atoms with Crippen molar-refractivity contribution in [2.45, 2.75) is 45.2 Å². The molecule has 0 unspecified atom stereocenters. The van der Waals surface area contributed by atoms with Crippen LogP contribution in [0.4, 0.5) is 0 Å². The van der Waals surface area contributed by atoms with E-state index < -0.39 is 0 Å². The molecule has 0 atom stereocenters. The fraction of sp³-hybridized carbons (Fsp3) is 0.533. The number of fused-ring (bicyclic) bond motifs is 1. The van der Waals surface area contributed by atoms with E-state index in [2.05, 4.69) is 23.4 Å². The van der Waals surface area contributed by atoms with Gasteiger partial charge in [-0.1, -0.05) is 11.6 Å². The number of halogens is 2. The molecule has 1 aromatic heterocycles. The highest BCUT2D eigenvalue weighted by molar-refractivity contribution is 6.31. The summed E-state index contributed by atoms with van der Waals surface area (Å²) in [6.45, 7) is 5.81. The molecular formula is C15H20Cl2N2O. The van der Waals surface area contributed by atoms with Crippen LogP contribution in [-0.4, -0.2) is 22.3 Å². The summed E-state index contributed by atoms with van der Waals surface area (Å²) in [6.07, 6.45) is 2.38. The van der Waals surface area contributed by atoms with Crippen molar-refractivity contribution < 1.29 is 4.74 Å². The van der Waals surface area contributed by atoms with E-state index in [-0.39, 0.29) is 0 Å². The summed E-state index contributed by atoms with van der Waals surface area (Å²) in [5.41, 5.74) is 2.00. The fourth-order valence-electron chi connectivity index (χ4n) is 2.20. The standard InChI is InChI=1S/C15H20Cl2N2O/c1-11(2)20-8-4-3-7-19-14-6-5-12(17)9-13(14)18-15(19)10-16/h5-6,9,11H,3-4,7-8,10H2,1-2H3. The summed E-state index contributed by atoms with van der Waals surface area (Å²) in [5, 5.41) is 0.702. The highest BCUT2D eigenvalue weighted by Gasteiger charge is 2.10. The molecule has 0 amide bonds. The van der Waals surface area contributed by atoms with Gasteiger partial charge in [-0.25, -0.2) is 4.98 Å². The highest BCUT2D eigenvalue weighted by Crippen LogP contribution is 2.22. The van der Waals surface area contributed by atoms with Crippen LogP contribution in [0.5, 0.6) is 0 Å². The number of ether oxygens (including phenoxy) is 1. The molecule has 1 aromatic carbocycles. The van der Waals surface area contributed by atoms with Crippen molar-refractivity contribution in [3.63, 3.8) is 0 Å². The average Bonchev–Trinajstić information content (AvgIpc) is 2.75. The Labute approximate surface area is 129 Å². The molecule has 0 saturated heterocycles. The number of aryl methyl sites for hydroxylation is 1. The Morgan fingerprint density at radius 1 is 1.30 bits per heavy atom. The summed E-state index contributed by atoms with van der Waals surface area (Å²) in [5.74, 6) is 1.31. The van der Waals surface area contributed by atoms with Gasteiger partial charge in [0.25, 0.3) is 0 Å². The summed E-state index contributed by atoms with van der Waals surface area (Å²) in [6, 6.07) is 5.78. The molecule has 0 aliphatic heterocycles. The molecule has 2 rings (SSSR count). The predicted octanol–water partition coefficient (Wildman–Crippen LogP) is 4.63. The number of alkyl halides is 1. The van der Waals surface area contributed by atoms with Gasteiger partial charge >= 0.3 is 0 Å². The lowest BCUT2D eigenvalue weighted by Crippen LogP contribution is -2.06. The van der Waals surface area contributed by atoms with Crippen molar-refractivity contribution in [3.05, 3.63) is 29.0 Å². The van der Waals surface area contributed by atoms with Crippen LogP contribution in [0.3, 0.4) is 0 Å². The number of rotatable bonds is 7. The second-order valence-corrected chi connectivity index (χ2v) is 5.78. The number of aromatic nitrogens is 2. The third-order valence-electron chi connectivity index (χ3n) is 3.14. The summed E-state index contributed by atoms with van der Waals surface area (Å²) in [4.78, 5) is 4.53. The normalized spacial score (nSPS) is 11.7. The van der Waals surface area contributed by atoms with Gasteiger partial charge in [0, 0.05) is 18.2 Å². The first-order chi connectivity index (χ1) is 9.61. The van der Waals surface area contributed by atoms with Gasteiger partial charge in [0.2, 0.25) is 0 Å². The van der Waals surface area contributed by atoms with Crippen LogP contribution in [0.25, 0.3) is 11.0 Å². The lowest BCUT2D eigenvalue weighted by atomic mass is 10.3. The van der Waals surface area contributed by atoms with E-state index in [0.717, 1.165) is 42.9 Å². The quantitative estimate of drug-likeness (QED) is 0.550. The highest BCUT2D eigenvalue weighted by atomic mass is 35.5. The molecule has 0 radical (unpaired) electrons. The zero-order valence-electron chi connectivity index (χ0n) is 11.9. The number of unbranched alkanes of at least 4 members (excludes halogenated alkanes) is 1. The van der Waals surface area contributed by atoms with E-state index in [9.17, 15) is 0 Å². The molecule has 2 aromatic rings. The van der Waals surface area contributed by atoms with Gasteiger partial charge in [0.15, 0.2) is 0 Å². The van der Waals surface area contributed by atoms with Crippen LogP contribution in [0.2, 0.25) is 5.02 Å². The van der Waals surface area contributed by atoms with Gasteiger partial charge in [-0.3, -0.25) is 0 Å². The van der Waals surface area contributed by atoms with Gasteiger partial charge in [-0.15, -0.1) is 11.6 Å². The van der Waals surface area contributed by atoms with Crippen molar-refractivity contribution in [3.8, 4) is 0 Å². The van der Waals surface area contributed by atoms with Crippen LogP contribution in [0, 0.1) is 0 Å². The Kier molecular flexibility index (Phi) is 5.70. The second-order valence-electron chi connectivity index (χ2n) is 5.07. The van der Waals surface area contributed by atoms with E-state index in [4.69, 9.17) is 27.9 Å². The van der Waals surface area contributed by atoms with Crippen LogP contribution in [0.1, 0.15) is 32.5 Å². The van der Waals surface area contributed by atoms with Crippen LogP contribution in [0.15, 0.2) is 18.2 Å². The second kappa shape index (κ2) is 7.30. The monoisotopic (exact) mass is 314 g/mol. The first-order valence-corrected chi connectivity index (χ1v) is 7.85. The molecule has 0 aliphatic rings. The first-order valence-electron chi connectivity index (χ1n) is 6.94. The Hall–Kier alpha value is -0.770. The maximum atomic E-state index is 6.00. The van der Waals surface area contributed by atoms with E-state index in [0.29, 0.717) is 17.0 Å². The zero-order chi connectivity index (χ0) is 14.5. The van der Waals surface area contributed by atoms with Gasteiger partial charge < -0.3 is 9.30 Å². The number of nitrogens with zero attached hydrogens (tertiary/aromatic N) is 2. The largest absolute Gasteiger partial charge is 0.379 e. The number of benzene rings is 1. The number of imidazole rings is 1. The zero-order valence-corrected chi connectivity index (χ0v) is 13.4. The van der Waals surface area contributed by atoms with Gasteiger partial charge in [-0.05, 0) is 44.9 Å². The minimum absolute atomic E-state index is 0.296. The van der Waals surface area contributed by atoms with Crippen LogP contribution in [-0.2, 0) is 17.2 Å². The molecule has 110 valence electrons. The van der Waals surface area contributed by atoms with Crippen LogP contribution < -0.4 is 0 Å². The minimum atomic E-state index is 0.296. The van der Waals surface area contributed by atoms with Crippen molar-refractivity contribution in [1.29, 1.82) is 0 Å². The molecule has 1 heterocycles. The molecule has 0 aliphatic carbocycles. The molecule has 5 heteroatoms. The number of hydrogen-bond acceptors (Lipinski definition) is 2. The Balaban J connectivity index is 2.04. The maximum absolute atomic E-state index is 6.00. The van der Waals surface area contributed by atoms with Crippen LogP contribution >= 0.6 is 23.2 Å². The first kappa shape index (κ1) is 15.6.